The molecule has 3 N–H and O–H groups in total. The molecule has 2 aromatic heterocycles. The molecule has 0 saturated carbocycles. The Morgan fingerprint density at radius 2 is 1.84 bits per heavy atom. The third kappa shape index (κ3) is 3.34. The number of H-pyrrole nitrogens is 1. The van der Waals surface area contributed by atoms with Crippen LogP contribution in [-0.2, 0) is 16.1 Å². The van der Waals surface area contributed by atoms with Crippen molar-refractivity contribution < 1.29 is 14.7 Å². The number of rotatable bonds is 6. The van der Waals surface area contributed by atoms with Crippen LogP contribution in [0.4, 0.5) is 0 Å². The molecule has 1 aliphatic rings. The summed E-state index contributed by atoms with van der Waals surface area (Å²) in [4.78, 5) is 35.5. The lowest BCUT2D eigenvalue weighted by atomic mass is 10.0. The zero-order chi connectivity index (χ0) is 22.4. The highest BCUT2D eigenvalue weighted by atomic mass is 16.3. The van der Waals surface area contributed by atoms with Gasteiger partial charge in [-0.3, -0.25) is 14.9 Å². The molecule has 2 aromatic carbocycles. The van der Waals surface area contributed by atoms with Crippen molar-refractivity contribution in [1.82, 2.24) is 24.8 Å². The number of nitrogens with zero attached hydrogens (tertiary/aromatic N) is 3. The predicted molar refractivity (Wildman–Crippen MR) is 123 cm³/mol. The highest BCUT2D eigenvalue weighted by Crippen LogP contribution is 2.37. The molecule has 0 bridgehead atoms. The molecule has 0 aliphatic carbocycles. The normalized spacial score (nSPS) is 14.3. The summed E-state index contributed by atoms with van der Waals surface area (Å²) in [7, 11) is 4.05. The first-order valence-corrected chi connectivity index (χ1v) is 10.4. The van der Waals surface area contributed by atoms with Gasteiger partial charge < -0.3 is 19.6 Å². The van der Waals surface area contributed by atoms with E-state index in [4.69, 9.17) is 0 Å². The number of amides is 2. The maximum atomic E-state index is 12.9. The minimum absolute atomic E-state index is 0.0976. The van der Waals surface area contributed by atoms with Gasteiger partial charge in [-0.1, -0.05) is 12.1 Å². The zero-order valence-electron chi connectivity index (χ0n) is 17.8. The third-order valence-electron chi connectivity index (χ3n) is 5.70. The van der Waals surface area contributed by atoms with Gasteiger partial charge in [0.15, 0.2) is 0 Å². The SMILES string of the molecule is CN(C)CCCn1cc(C2=C(c3nc4ccccc4[nH]3)C(=O)NC2=O)c2cc(O)ccc21. The number of aryl methyl sites for hydroxylation is 1. The fourth-order valence-electron chi connectivity index (χ4n) is 4.24. The van der Waals surface area contributed by atoms with Crippen molar-refractivity contribution in [2.45, 2.75) is 13.0 Å². The molecule has 8 heteroatoms. The van der Waals surface area contributed by atoms with Crippen LogP contribution >= 0.6 is 0 Å². The van der Waals surface area contributed by atoms with E-state index in [0.717, 1.165) is 30.5 Å². The molecule has 162 valence electrons. The highest BCUT2D eigenvalue weighted by Gasteiger charge is 2.35. The first kappa shape index (κ1) is 20.0. The van der Waals surface area contributed by atoms with E-state index in [1.807, 2.05) is 50.6 Å². The van der Waals surface area contributed by atoms with Crippen molar-refractivity contribution in [3.63, 3.8) is 0 Å². The smallest absolute Gasteiger partial charge is 0.262 e. The minimum Gasteiger partial charge on any atom is -0.508 e. The van der Waals surface area contributed by atoms with E-state index < -0.39 is 11.8 Å². The number of imide groups is 1. The second-order valence-corrected chi connectivity index (χ2v) is 8.23. The first-order chi connectivity index (χ1) is 15.4. The van der Waals surface area contributed by atoms with Crippen molar-refractivity contribution >= 4 is 44.9 Å². The van der Waals surface area contributed by atoms with Crippen LogP contribution in [0.15, 0.2) is 48.7 Å². The van der Waals surface area contributed by atoms with E-state index in [-0.39, 0.29) is 16.9 Å². The minimum atomic E-state index is -0.488. The largest absolute Gasteiger partial charge is 0.508 e. The van der Waals surface area contributed by atoms with Crippen LogP contribution in [0.3, 0.4) is 0 Å². The van der Waals surface area contributed by atoms with Gasteiger partial charge in [0, 0.05) is 29.2 Å². The van der Waals surface area contributed by atoms with Crippen molar-refractivity contribution in [2.24, 2.45) is 0 Å². The van der Waals surface area contributed by atoms with Gasteiger partial charge in [-0.05, 0) is 57.4 Å². The van der Waals surface area contributed by atoms with Crippen LogP contribution in [0.2, 0.25) is 0 Å². The number of nitrogens with one attached hydrogen (secondary N) is 2. The number of aromatic nitrogens is 3. The van der Waals surface area contributed by atoms with Gasteiger partial charge in [0.25, 0.3) is 11.8 Å². The van der Waals surface area contributed by atoms with Crippen LogP contribution in [0.25, 0.3) is 33.1 Å². The topological polar surface area (TPSA) is 103 Å². The summed E-state index contributed by atoms with van der Waals surface area (Å²) in [6.07, 6.45) is 2.80. The number of carbonyl (C=O) groups is 2. The van der Waals surface area contributed by atoms with Gasteiger partial charge in [0.1, 0.15) is 11.6 Å². The highest BCUT2D eigenvalue weighted by molar-refractivity contribution is 6.49. The molecule has 4 aromatic rings. The van der Waals surface area contributed by atoms with Crippen molar-refractivity contribution in [2.75, 3.05) is 20.6 Å². The number of aromatic hydroxyl groups is 1. The molecule has 0 fully saturated rings. The van der Waals surface area contributed by atoms with E-state index in [2.05, 4.69) is 24.8 Å². The molecule has 8 nitrogen and oxygen atoms in total. The summed E-state index contributed by atoms with van der Waals surface area (Å²) in [6, 6.07) is 12.6. The fourth-order valence-corrected chi connectivity index (χ4v) is 4.24. The van der Waals surface area contributed by atoms with Crippen LogP contribution in [0, 0.1) is 0 Å². The van der Waals surface area contributed by atoms with Gasteiger partial charge in [0.05, 0.1) is 22.2 Å². The lowest BCUT2D eigenvalue weighted by Gasteiger charge is -2.10. The van der Waals surface area contributed by atoms with Gasteiger partial charge in [0.2, 0.25) is 0 Å². The number of hydrogen-bond donors (Lipinski definition) is 3. The maximum Gasteiger partial charge on any atom is 0.262 e. The lowest BCUT2D eigenvalue weighted by Crippen LogP contribution is -2.22. The standard InChI is InChI=1S/C24H23N5O3/c1-28(2)10-5-11-29-13-16(15-12-14(30)8-9-19(15)29)20-21(24(32)27-23(20)31)22-25-17-6-3-4-7-18(17)26-22/h3-4,6-9,12-13,30H,5,10-11H2,1-2H3,(H,25,26)(H,27,31,32). The average Bonchev–Trinajstić information content (AvgIpc) is 3.40. The van der Waals surface area contributed by atoms with Crippen molar-refractivity contribution in [3.8, 4) is 5.75 Å². The number of para-hydroxylation sites is 2. The van der Waals surface area contributed by atoms with Gasteiger partial charge >= 0.3 is 0 Å². The Bertz CT molecular complexity index is 1380. The number of fused-ring (bicyclic) bond motifs is 2. The molecule has 0 unspecified atom stereocenters. The Hall–Kier alpha value is -3.91. The fraction of sp³-hybridized carbons (Fsp3) is 0.208. The van der Waals surface area contributed by atoms with Crippen molar-refractivity contribution in [3.05, 3.63) is 60.0 Å². The third-order valence-corrected chi connectivity index (χ3v) is 5.70. The average molecular weight is 429 g/mol. The molecule has 0 saturated heterocycles. The molecule has 0 radical (unpaired) electrons. The lowest BCUT2D eigenvalue weighted by molar-refractivity contribution is -0.122. The molecule has 0 spiro atoms. The number of imidazole rings is 1. The summed E-state index contributed by atoms with van der Waals surface area (Å²) >= 11 is 0. The predicted octanol–water partition coefficient (Wildman–Crippen LogP) is 2.74. The number of carbonyl (C=O) groups excluding carboxylic acids is 2. The Labute approximate surface area is 184 Å². The monoisotopic (exact) mass is 429 g/mol. The molecular formula is C24H23N5O3. The van der Waals surface area contributed by atoms with Crippen molar-refractivity contribution in [1.29, 1.82) is 0 Å². The second-order valence-electron chi connectivity index (χ2n) is 8.23. The number of phenolic OH excluding ortho intramolecular Hbond substituents is 1. The first-order valence-electron chi connectivity index (χ1n) is 10.4. The van der Waals surface area contributed by atoms with E-state index in [0.29, 0.717) is 22.3 Å². The maximum absolute atomic E-state index is 12.9. The summed E-state index contributed by atoms with van der Waals surface area (Å²) < 4.78 is 2.06. The van der Waals surface area contributed by atoms with Crippen LogP contribution in [-0.4, -0.2) is 57.0 Å². The molecule has 0 atom stereocenters. The van der Waals surface area contributed by atoms with Crippen LogP contribution < -0.4 is 5.32 Å². The molecule has 3 heterocycles. The van der Waals surface area contributed by atoms with E-state index in [1.54, 1.807) is 12.1 Å². The Kier molecular flexibility index (Phi) is 4.79. The Morgan fingerprint density at radius 3 is 2.62 bits per heavy atom. The van der Waals surface area contributed by atoms with Gasteiger partial charge in [-0.15, -0.1) is 0 Å². The quantitative estimate of drug-likeness (QED) is 0.409. The van der Waals surface area contributed by atoms with E-state index in [9.17, 15) is 14.7 Å². The summed E-state index contributed by atoms with van der Waals surface area (Å²) in [5.41, 5.74) is 3.45. The Balaban J connectivity index is 1.70. The number of hydrogen-bond acceptors (Lipinski definition) is 5. The van der Waals surface area contributed by atoms with Gasteiger partial charge in [-0.25, -0.2) is 4.98 Å². The molecule has 2 amide bonds. The summed E-state index contributed by atoms with van der Waals surface area (Å²) in [5, 5.41) is 13.3. The van der Waals surface area contributed by atoms with Gasteiger partial charge in [-0.2, -0.15) is 0 Å². The molecule has 1 aliphatic heterocycles. The zero-order valence-corrected chi connectivity index (χ0v) is 17.8. The number of phenols is 1. The second kappa shape index (κ2) is 7.65. The van der Waals surface area contributed by atoms with Crippen LogP contribution in [0.5, 0.6) is 5.75 Å². The summed E-state index contributed by atoms with van der Waals surface area (Å²) in [5.74, 6) is -0.516. The Morgan fingerprint density at radius 1 is 1.06 bits per heavy atom. The number of benzene rings is 2. The van der Waals surface area contributed by atoms with E-state index >= 15 is 0 Å². The molecule has 32 heavy (non-hydrogen) atoms. The molecular weight excluding hydrogens is 406 g/mol. The molecule has 5 rings (SSSR count). The van der Waals surface area contributed by atoms with E-state index in [1.165, 1.54) is 0 Å². The van der Waals surface area contributed by atoms with Crippen LogP contribution in [0.1, 0.15) is 17.8 Å². The summed E-state index contributed by atoms with van der Waals surface area (Å²) in [6.45, 7) is 1.65. The number of aromatic amines is 1.